The summed E-state index contributed by atoms with van der Waals surface area (Å²) in [5.74, 6) is 1.07. The van der Waals surface area contributed by atoms with Gasteiger partial charge in [0.25, 0.3) is 5.91 Å². The third-order valence-corrected chi connectivity index (χ3v) is 5.39. The van der Waals surface area contributed by atoms with Crippen LogP contribution in [0.25, 0.3) is 11.1 Å². The number of pyridine rings is 1. The fraction of sp³-hybridized carbons (Fsp3) is 0.333. The lowest BCUT2D eigenvalue weighted by Gasteiger charge is -2.20. The third-order valence-electron chi connectivity index (χ3n) is 5.39. The molecule has 2 unspecified atom stereocenters. The van der Waals surface area contributed by atoms with E-state index in [4.69, 9.17) is 9.47 Å². The first-order chi connectivity index (χ1) is 17.0. The molecular weight excluding hydrogens is 446 g/mol. The summed E-state index contributed by atoms with van der Waals surface area (Å²) in [7, 11) is 0. The van der Waals surface area contributed by atoms with Crippen LogP contribution in [0.3, 0.4) is 0 Å². The van der Waals surface area contributed by atoms with Crippen LogP contribution in [0.2, 0.25) is 0 Å². The summed E-state index contributed by atoms with van der Waals surface area (Å²) in [4.78, 5) is 27.1. The van der Waals surface area contributed by atoms with Crippen LogP contribution < -0.4 is 25.7 Å². The highest BCUT2D eigenvalue weighted by molar-refractivity contribution is 5.81. The van der Waals surface area contributed by atoms with Crippen molar-refractivity contribution in [2.75, 3.05) is 26.2 Å². The molecule has 8 nitrogen and oxygen atoms in total. The van der Waals surface area contributed by atoms with Gasteiger partial charge in [-0.1, -0.05) is 43.3 Å². The second-order valence-electron chi connectivity index (χ2n) is 8.15. The Bertz CT molecular complexity index is 1130. The zero-order valence-corrected chi connectivity index (χ0v) is 20.1. The number of aromatic nitrogens is 1. The molecule has 3 rings (SSSR count). The van der Waals surface area contributed by atoms with Crippen molar-refractivity contribution in [3.8, 4) is 22.6 Å². The Labute approximate surface area is 205 Å². The quantitative estimate of drug-likeness (QED) is 0.281. The average molecular weight is 480 g/mol. The van der Waals surface area contributed by atoms with E-state index in [0.717, 1.165) is 16.8 Å². The van der Waals surface area contributed by atoms with Crippen LogP contribution in [0, 0.1) is 6.92 Å². The molecular formula is C27H33N3O5. The molecule has 2 atom stereocenters. The Morgan fingerprint density at radius 1 is 1.00 bits per heavy atom. The summed E-state index contributed by atoms with van der Waals surface area (Å²) in [6.45, 7) is 5.14. The van der Waals surface area contributed by atoms with E-state index in [9.17, 15) is 14.7 Å². The minimum absolute atomic E-state index is 0.166. The number of rotatable bonds is 13. The van der Waals surface area contributed by atoms with E-state index in [1.54, 1.807) is 6.07 Å². The molecule has 3 aromatic rings. The molecule has 4 N–H and O–H groups in total. The lowest BCUT2D eigenvalue weighted by Crippen LogP contribution is -2.42. The van der Waals surface area contributed by atoms with Crippen molar-refractivity contribution in [1.29, 1.82) is 0 Å². The summed E-state index contributed by atoms with van der Waals surface area (Å²) in [5.41, 5.74) is 2.21. The maximum atomic E-state index is 12.7. The maximum Gasteiger partial charge on any atom is 0.261 e. The second kappa shape index (κ2) is 13.3. The summed E-state index contributed by atoms with van der Waals surface area (Å²) >= 11 is 0. The minimum Gasteiger partial charge on any atom is -0.491 e. The summed E-state index contributed by atoms with van der Waals surface area (Å²) in [6.07, 6.45) is -0.831. The largest absolute Gasteiger partial charge is 0.491 e. The number of hydrogen-bond acceptors (Lipinski definition) is 6. The molecule has 1 amide bonds. The highest BCUT2D eigenvalue weighted by Gasteiger charge is 2.20. The van der Waals surface area contributed by atoms with Gasteiger partial charge in [0.05, 0.1) is 0 Å². The van der Waals surface area contributed by atoms with Gasteiger partial charge < -0.3 is 30.2 Å². The lowest BCUT2D eigenvalue weighted by molar-refractivity contribution is -0.128. The van der Waals surface area contributed by atoms with Crippen molar-refractivity contribution in [2.24, 2.45) is 0 Å². The van der Waals surface area contributed by atoms with Gasteiger partial charge in [0, 0.05) is 42.5 Å². The number of nitrogens with one attached hydrogen (secondary N) is 3. The predicted molar refractivity (Wildman–Crippen MR) is 136 cm³/mol. The van der Waals surface area contributed by atoms with Gasteiger partial charge in [-0.15, -0.1) is 0 Å². The SMILES string of the molecule is CCC(Oc1ccccc1-c1ccc(=O)[nH]c1C)C(=O)NCCNCC(O)COc1ccccc1. The van der Waals surface area contributed by atoms with Crippen LogP contribution in [-0.4, -0.2) is 54.4 Å². The Morgan fingerprint density at radius 2 is 1.74 bits per heavy atom. The monoisotopic (exact) mass is 479 g/mol. The van der Waals surface area contributed by atoms with E-state index in [2.05, 4.69) is 15.6 Å². The van der Waals surface area contributed by atoms with Gasteiger partial charge in [-0.3, -0.25) is 9.59 Å². The molecule has 186 valence electrons. The fourth-order valence-electron chi connectivity index (χ4n) is 3.56. The normalized spacial score (nSPS) is 12.5. The van der Waals surface area contributed by atoms with Crippen LogP contribution in [0.5, 0.6) is 11.5 Å². The number of aromatic amines is 1. The van der Waals surface area contributed by atoms with E-state index in [-0.39, 0.29) is 18.1 Å². The number of hydrogen-bond donors (Lipinski definition) is 4. The summed E-state index contributed by atoms with van der Waals surface area (Å²) in [6, 6.07) is 20.0. The smallest absolute Gasteiger partial charge is 0.261 e. The summed E-state index contributed by atoms with van der Waals surface area (Å²) in [5, 5.41) is 16.0. The van der Waals surface area contributed by atoms with Gasteiger partial charge in [-0.25, -0.2) is 0 Å². The number of ether oxygens (including phenoxy) is 2. The number of amides is 1. The number of carbonyl (C=O) groups excluding carboxylic acids is 1. The first kappa shape index (κ1) is 26.0. The van der Waals surface area contributed by atoms with Crippen LogP contribution in [0.15, 0.2) is 71.5 Å². The molecule has 35 heavy (non-hydrogen) atoms. The molecule has 0 bridgehead atoms. The number of para-hydroxylation sites is 2. The maximum absolute atomic E-state index is 12.7. The number of aliphatic hydroxyl groups is 1. The Kier molecular flexibility index (Phi) is 9.89. The van der Waals surface area contributed by atoms with Crippen molar-refractivity contribution in [3.05, 3.63) is 82.8 Å². The topological polar surface area (TPSA) is 113 Å². The molecule has 0 saturated heterocycles. The van der Waals surface area contributed by atoms with Crippen LogP contribution in [0.4, 0.5) is 0 Å². The minimum atomic E-state index is -0.663. The van der Waals surface area contributed by atoms with Crippen LogP contribution >= 0.6 is 0 Å². The molecule has 0 radical (unpaired) electrons. The third kappa shape index (κ3) is 7.98. The molecule has 0 saturated carbocycles. The standard InChI is InChI=1S/C27H33N3O5/c1-3-24(35-25-12-8-7-11-23(25)22-13-14-26(32)30-19(22)2)27(33)29-16-15-28-17-20(31)18-34-21-9-5-4-6-10-21/h4-14,20,24,28,31H,3,15-18H2,1-2H3,(H,29,33)(H,30,32). The zero-order valence-electron chi connectivity index (χ0n) is 20.1. The highest BCUT2D eigenvalue weighted by atomic mass is 16.5. The van der Waals surface area contributed by atoms with Crippen molar-refractivity contribution in [1.82, 2.24) is 15.6 Å². The van der Waals surface area contributed by atoms with Gasteiger partial charge in [-0.05, 0) is 37.6 Å². The Morgan fingerprint density at radius 3 is 2.49 bits per heavy atom. The summed E-state index contributed by atoms with van der Waals surface area (Å²) < 4.78 is 11.6. The molecule has 2 aromatic carbocycles. The molecule has 0 fully saturated rings. The second-order valence-corrected chi connectivity index (χ2v) is 8.15. The zero-order chi connectivity index (χ0) is 25.0. The van der Waals surface area contributed by atoms with Crippen molar-refractivity contribution >= 4 is 5.91 Å². The van der Waals surface area contributed by atoms with E-state index in [1.165, 1.54) is 6.07 Å². The Balaban J connectivity index is 1.45. The molecule has 0 aliphatic rings. The number of benzene rings is 2. The van der Waals surface area contributed by atoms with Crippen LogP contribution in [0.1, 0.15) is 19.0 Å². The highest BCUT2D eigenvalue weighted by Crippen LogP contribution is 2.31. The van der Waals surface area contributed by atoms with Gasteiger partial charge in [-0.2, -0.15) is 0 Å². The van der Waals surface area contributed by atoms with E-state index < -0.39 is 12.2 Å². The first-order valence-corrected chi connectivity index (χ1v) is 11.8. The van der Waals surface area contributed by atoms with Crippen LogP contribution in [-0.2, 0) is 4.79 Å². The first-order valence-electron chi connectivity index (χ1n) is 11.8. The molecule has 1 heterocycles. The number of aliphatic hydroxyl groups excluding tert-OH is 1. The average Bonchev–Trinajstić information content (AvgIpc) is 2.86. The van der Waals surface area contributed by atoms with Gasteiger partial charge >= 0.3 is 0 Å². The number of aryl methyl sites for hydroxylation is 1. The fourth-order valence-corrected chi connectivity index (χ4v) is 3.56. The van der Waals surface area contributed by atoms with Crippen molar-refractivity contribution in [2.45, 2.75) is 32.5 Å². The van der Waals surface area contributed by atoms with E-state index in [0.29, 0.717) is 37.6 Å². The molecule has 0 aliphatic heterocycles. The number of carbonyl (C=O) groups is 1. The predicted octanol–water partition coefficient (Wildman–Crippen LogP) is 2.65. The molecule has 0 spiro atoms. The number of H-pyrrole nitrogens is 1. The van der Waals surface area contributed by atoms with Gasteiger partial charge in [0.1, 0.15) is 24.2 Å². The molecule has 8 heteroatoms. The van der Waals surface area contributed by atoms with Gasteiger partial charge in [0.15, 0.2) is 6.10 Å². The lowest BCUT2D eigenvalue weighted by atomic mass is 10.0. The van der Waals surface area contributed by atoms with Gasteiger partial charge in [0.2, 0.25) is 5.56 Å². The van der Waals surface area contributed by atoms with Crippen molar-refractivity contribution in [3.63, 3.8) is 0 Å². The van der Waals surface area contributed by atoms with E-state index >= 15 is 0 Å². The van der Waals surface area contributed by atoms with E-state index in [1.807, 2.05) is 68.4 Å². The van der Waals surface area contributed by atoms with Crippen molar-refractivity contribution < 1.29 is 19.4 Å². The Hall–Kier alpha value is -3.62. The molecule has 0 aliphatic carbocycles. The molecule has 1 aromatic heterocycles.